The molecule has 0 unspecified atom stereocenters. The highest BCUT2D eigenvalue weighted by Gasteiger charge is 2.51. The standard InChI is InChI=1S/C17H16O3/c1-10-8-17(19-9-10)14-7-6-12-11(2)4-3-5-13(12)15(14)16(18)20-17/h3-7,10H,8-9H2,1-2H3/t10-,17-/m1/s1. The minimum Gasteiger partial charge on any atom is -0.425 e. The maximum absolute atomic E-state index is 12.4. The lowest BCUT2D eigenvalue weighted by molar-refractivity contribution is -0.172. The summed E-state index contributed by atoms with van der Waals surface area (Å²) in [5, 5.41) is 2.07. The van der Waals surface area contributed by atoms with E-state index in [-0.39, 0.29) is 5.97 Å². The molecule has 2 aliphatic rings. The second-order valence-corrected chi connectivity index (χ2v) is 5.92. The quantitative estimate of drug-likeness (QED) is 0.686. The smallest absolute Gasteiger partial charge is 0.342 e. The number of aryl methyl sites for hydroxylation is 1. The van der Waals surface area contributed by atoms with Crippen LogP contribution >= 0.6 is 0 Å². The van der Waals surface area contributed by atoms with E-state index >= 15 is 0 Å². The van der Waals surface area contributed by atoms with Gasteiger partial charge in [-0.25, -0.2) is 4.79 Å². The van der Waals surface area contributed by atoms with E-state index < -0.39 is 5.79 Å². The van der Waals surface area contributed by atoms with Gasteiger partial charge in [-0.15, -0.1) is 0 Å². The number of hydrogen-bond acceptors (Lipinski definition) is 3. The Bertz CT molecular complexity index is 734. The Morgan fingerprint density at radius 1 is 1.20 bits per heavy atom. The van der Waals surface area contributed by atoms with Gasteiger partial charge in [0.25, 0.3) is 0 Å². The van der Waals surface area contributed by atoms with Crippen LogP contribution in [0.4, 0.5) is 0 Å². The van der Waals surface area contributed by atoms with Gasteiger partial charge in [0.1, 0.15) is 0 Å². The van der Waals surface area contributed by atoms with Crippen molar-refractivity contribution < 1.29 is 14.3 Å². The number of ether oxygens (including phenoxy) is 2. The second-order valence-electron chi connectivity index (χ2n) is 5.92. The molecule has 1 spiro atoms. The first-order valence-corrected chi connectivity index (χ1v) is 7.01. The van der Waals surface area contributed by atoms with E-state index in [1.807, 2.05) is 18.2 Å². The van der Waals surface area contributed by atoms with Crippen molar-refractivity contribution in [3.8, 4) is 0 Å². The Kier molecular flexibility index (Phi) is 2.28. The van der Waals surface area contributed by atoms with Crippen LogP contribution in [0.5, 0.6) is 0 Å². The van der Waals surface area contributed by atoms with Gasteiger partial charge >= 0.3 is 5.97 Å². The zero-order valence-electron chi connectivity index (χ0n) is 11.6. The summed E-state index contributed by atoms with van der Waals surface area (Å²) in [5.41, 5.74) is 2.74. The SMILES string of the molecule is Cc1cccc2c3c(ccc12)[C@@]1(C[C@@H](C)CO1)OC3=O. The van der Waals surface area contributed by atoms with Crippen molar-refractivity contribution in [1.82, 2.24) is 0 Å². The fourth-order valence-corrected chi connectivity index (χ4v) is 3.42. The monoisotopic (exact) mass is 268 g/mol. The predicted molar refractivity (Wildman–Crippen MR) is 75.5 cm³/mol. The van der Waals surface area contributed by atoms with E-state index in [0.717, 1.165) is 22.8 Å². The lowest BCUT2D eigenvalue weighted by atomic mass is 9.92. The number of fused-ring (bicyclic) bond motifs is 4. The van der Waals surface area contributed by atoms with Crippen molar-refractivity contribution in [2.75, 3.05) is 6.61 Å². The fourth-order valence-electron chi connectivity index (χ4n) is 3.42. The molecule has 102 valence electrons. The van der Waals surface area contributed by atoms with Gasteiger partial charge in [0, 0.05) is 12.0 Å². The summed E-state index contributed by atoms with van der Waals surface area (Å²) in [6, 6.07) is 10.1. The van der Waals surface area contributed by atoms with Crippen LogP contribution in [-0.2, 0) is 15.3 Å². The van der Waals surface area contributed by atoms with E-state index in [1.165, 1.54) is 5.56 Å². The molecule has 0 N–H and O–H groups in total. The summed E-state index contributed by atoms with van der Waals surface area (Å²) in [6.07, 6.45) is 0.739. The van der Waals surface area contributed by atoms with E-state index in [4.69, 9.17) is 9.47 Å². The third-order valence-electron chi connectivity index (χ3n) is 4.37. The molecule has 1 saturated heterocycles. The topological polar surface area (TPSA) is 35.5 Å². The van der Waals surface area contributed by atoms with Crippen molar-refractivity contribution in [3.63, 3.8) is 0 Å². The Hall–Kier alpha value is -1.87. The first kappa shape index (κ1) is 11.9. The normalized spacial score (nSPS) is 28.1. The highest BCUT2D eigenvalue weighted by molar-refractivity contribution is 6.08. The van der Waals surface area contributed by atoms with Crippen LogP contribution in [0.25, 0.3) is 10.8 Å². The van der Waals surface area contributed by atoms with Gasteiger partial charge in [-0.1, -0.05) is 37.3 Å². The lowest BCUT2D eigenvalue weighted by Crippen LogP contribution is -2.24. The summed E-state index contributed by atoms with van der Waals surface area (Å²) in [7, 11) is 0. The molecule has 0 saturated carbocycles. The first-order valence-electron chi connectivity index (χ1n) is 7.01. The van der Waals surface area contributed by atoms with Crippen LogP contribution < -0.4 is 0 Å². The van der Waals surface area contributed by atoms with Crippen molar-refractivity contribution in [3.05, 3.63) is 47.0 Å². The van der Waals surface area contributed by atoms with Crippen LogP contribution in [0.2, 0.25) is 0 Å². The van der Waals surface area contributed by atoms with Gasteiger partial charge < -0.3 is 9.47 Å². The van der Waals surface area contributed by atoms with Crippen LogP contribution in [0.15, 0.2) is 30.3 Å². The number of rotatable bonds is 0. The Labute approximate surface area is 117 Å². The maximum Gasteiger partial charge on any atom is 0.342 e. The highest BCUT2D eigenvalue weighted by atomic mass is 16.7. The van der Waals surface area contributed by atoms with E-state index in [1.54, 1.807) is 0 Å². The van der Waals surface area contributed by atoms with Gasteiger partial charge in [-0.05, 0) is 29.2 Å². The van der Waals surface area contributed by atoms with Gasteiger partial charge in [0.15, 0.2) is 0 Å². The van der Waals surface area contributed by atoms with Crippen molar-refractivity contribution >= 4 is 16.7 Å². The van der Waals surface area contributed by atoms with Crippen LogP contribution in [-0.4, -0.2) is 12.6 Å². The third kappa shape index (κ3) is 1.41. The maximum atomic E-state index is 12.4. The minimum absolute atomic E-state index is 0.259. The summed E-state index contributed by atoms with van der Waals surface area (Å²) < 4.78 is 11.5. The van der Waals surface area contributed by atoms with Gasteiger partial charge in [0.05, 0.1) is 12.2 Å². The number of esters is 1. The van der Waals surface area contributed by atoms with Crippen LogP contribution in [0.1, 0.15) is 34.8 Å². The van der Waals surface area contributed by atoms with E-state index in [2.05, 4.69) is 26.0 Å². The molecule has 0 aromatic heterocycles. The fraction of sp³-hybridized carbons (Fsp3) is 0.353. The first-order chi connectivity index (χ1) is 9.61. The molecule has 0 bridgehead atoms. The molecule has 3 nitrogen and oxygen atoms in total. The summed E-state index contributed by atoms with van der Waals surface area (Å²) in [4.78, 5) is 12.4. The lowest BCUT2D eigenvalue weighted by Gasteiger charge is -2.22. The third-order valence-corrected chi connectivity index (χ3v) is 4.37. The average molecular weight is 268 g/mol. The molecule has 2 aliphatic heterocycles. The molecule has 0 amide bonds. The molecule has 1 fully saturated rings. The van der Waals surface area contributed by atoms with Gasteiger partial charge in [-0.3, -0.25) is 0 Å². The Balaban J connectivity index is 2.01. The van der Waals surface area contributed by atoms with Crippen LogP contribution in [0, 0.1) is 12.8 Å². The molecule has 2 aromatic carbocycles. The van der Waals surface area contributed by atoms with Crippen LogP contribution in [0.3, 0.4) is 0 Å². The summed E-state index contributed by atoms with van der Waals surface area (Å²) >= 11 is 0. The summed E-state index contributed by atoms with van der Waals surface area (Å²) in [6.45, 7) is 4.81. The zero-order valence-corrected chi connectivity index (χ0v) is 11.6. The minimum atomic E-state index is -0.843. The molecule has 4 rings (SSSR count). The molecule has 2 atom stereocenters. The molecular weight excluding hydrogens is 252 g/mol. The number of carbonyl (C=O) groups is 1. The zero-order chi connectivity index (χ0) is 13.9. The molecule has 0 aliphatic carbocycles. The van der Waals surface area contributed by atoms with Gasteiger partial charge in [0.2, 0.25) is 5.79 Å². The molecule has 0 radical (unpaired) electrons. The van der Waals surface area contributed by atoms with Gasteiger partial charge in [-0.2, -0.15) is 0 Å². The molecule has 3 heteroatoms. The van der Waals surface area contributed by atoms with E-state index in [9.17, 15) is 4.79 Å². The average Bonchev–Trinajstić information content (AvgIpc) is 2.92. The second kappa shape index (κ2) is 3.83. The molecular formula is C17H16O3. The largest absolute Gasteiger partial charge is 0.425 e. The van der Waals surface area contributed by atoms with Crippen molar-refractivity contribution in [2.24, 2.45) is 5.92 Å². The number of carbonyl (C=O) groups excluding carboxylic acids is 1. The van der Waals surface area contributed by atoms with Crippen molar-refractivity contribution in [1.29, 1.82) is 0 Å². The predicted octanol–water partition coefficient (Wildman–Crippen LogP) is 3.53. The number of benzene rings is 2. The Morgan fingerprint density at radius 2 is 2.05 bits per heavy atom. The Morgan fingerprint density at radius 3 is 2.80 bits per heavy atom. The highest BCUT2D eigenvalue weighted by Crippen LogP contribution is 2.48. The molecule has 20 heavy (non-hydrogen) atoms. The summed E-state index contributed by atoms with van der Waals surface area (Å²) in [5.74, 6) is -0.698. The number of hydrogen-bond donors (Lipinski definition) is 0. The molecule has 2 aromatic rings. The molecule has 2 heterocycles. The van der Waals surface area contributed by atoms with Crippen molar-refractivity contribution in [2.45, 2.75) is 26.1 Å². The van der Waals surface area contributed by atoms with E-state index in [0.29, 0.717) is 18.1 Å².